The number of rotatable bonds is 3. The Labute approximate surface area is 85.7 Å². The van der Waals surface area contributed by atoms with Crippen LogP contribution in [-0.4, -0.2) is 19.1 Å². The van der Waals surface area contributed by atoms with E-state index in [1.54, 1.807) is 0 Å². The van der Waals surface area contributed by atoms with Crippen molar-refractivity contribution in [3.8, 4) is 0 Å². The van der Waals surface area contributed by atoms with E-state index in [9.17, 15) is 0 Å². The lowest BCUT2D eigenvalue weighted by atomic mass is 10.1. The Morgan fingerprint density at radius 1 is 1.36 bits per heavy atom. The van der Waals surface area contributed by atoms with Crippen molar-refractivity contribution in [2.45, 2.75) is 25.9 Å². The lowest BCUT2D eigenvalue weighted by molar-refractivity contribution is 0.547. The monoisotopic (exact) mass is 190 g/mol. The summed E-state index contributed by atoms with van der Waals surface area (Å²) in [5.74, 6) is 0. The van der Waals surface area contributed by atoms with Crippen LogP contribution in [0.2, 0.25) is 0 Å². The third-order valence-corrected chi connectivity index (χ3v) is 2.78. The molecule has 0 aromatic heterocycles. The first-order valence-electron chi connectivity index (χ1n) is 5.34. The highest BCUT2D eigenvalue weighted by Gasteiger charge is 2.12. The van der Waals surface area contributed by atoms with Crippen LogP contribution in [0.1, 0.15) is 17.5 Å². The highest BCUT2D eigenvalue weighted by Crippen LogP contribution is 2.04. The number of nitrogens with one attached hydrogen (secondary N) is 2. The van der Waals surface area contributed by atoms with Crippen LogP contribution in [0.5, 0.6) is 0 Å². The Kier molecular flexibility index (Phi) is 3.17. The van der Waals surface area contributed by atoms with Gasteiger partial charge in [0.15, 0.2) is 0 Å². The van der Waals surface area contributed by atoms with Crippen molar-refractivity contribution in [1.82, 2.24) is 10.6 Å². The topological polar surface area (TPSA) is 24.1 Å². The molecule has 1 aliphatic rings. The van der Waals surface area contributed by atoms with Gasteiger partial charge in [0.2, 0.25) is 0 Å². The van der Waals surface area contributed by atoms with Gasteiger partial charge in [-0.15, -0.1) is 0 Å². The zero-order valence-electron chi connectivity index (χ0n) is 8.72. The molecule has 1 aliphatic heterocycles. The quantitative estimate of drug-likeness (QED) is 0.754. The molecule has 0 radical (unpaired) electrons. The molecule has 0 saturated carbocycles. The molecule has 0 aliphatic carbocycles. The molecular formula is C12H18N2. The standard InChI is InChI=1S/C12H18N2/c1-10-2-4-11(5-3-10)8-14-12-6-7-13-9-12/h2-5,12-14H,6-9H2,1H3/t12-/m0/s1. The fourth-order valence-corrected chi connectivity index (χ4v) is 1.80. The van der Waals surface area contributed by atoms with Crippen molar-refractivity contribution in [3.63, 3.8) is 0 Å². The molecule has 0 spiro atoms. The Bertz CT molecular complexity index is 273. The molecule has 2 heteroatoms. The van der Waals surface area contributed by atoms with Gasteiger partial charge >= 0.3 is 0 Å². The average Bonchev–Trinajstić information content (AvgIpc) is 2.70. The third kappa shape index (κ3) is 2.56. The Hall–Kier alpha value is -0.860. The summed E-state index contributed by atoms with van der Waals surface area (Å²) in [6, 6.07) is 9.40. The van der Waals surface area contributed by atoms with Gasteiger partial charge in [-0.2, -0.15) is 0 Å². The highest BCUT2D eigenvalue weighted by atomic mass is 15.0. The predicted octanol–water partition coefficient (Wildman–Crippen LogP) is 1.45. The molecule has 2 rings (SSSR count). The normalized spacial score (nSPS) is 21.4. The van der Waals surface area contributed by atoms with E-state index in [0.717, 1.165) is 19.6 Å². The van der Waals surface area contributed by atoms with Crippen molar-refractivity contribution in [2.75, 3.05) is 13.1 Å². The molecule has 76 valence electrons. The van der Waals surface area contributed by atoms with E-state index < -0.39 is 0 Å². The van der Waals surface area contributed by atoms with Crippen LogP contribution in [-0.2, 0) is 6.54 Å². The minimum Gasteiger partial charge on any atom is -0.315 e. The molecule has 14 heavy (non-hydrogen) atoms. The van der Waals surface area contributed by atoms with E-state index in [1.165, 1.54) is 17.5 Å². The van der Waals surface area contributed by atoms with Crippen LogP contribution in [0.4, 0.5) is 0 Å². The minimum atomic E-state index is 0.663. The van der Waals surface area contributed by atoms with Gasteiger partial charge in [0.25, 0.3) is 0 Å². The Morgan fingerprint density at radius 3 is 2.79 bits per heavy atom. The van der Waals surface area contributed by atoms with E-state index in [2.05, 4.69) is 41.8 Å². The average molecular weight is 190 g/mol. The fraction of sp³-hybridized carbons (Fsp3) is 0.500. The zero-order chi connectivity index (χ0) is 9.80. The highest BCUT2D eigenvalue weighted by molar-refractivity contribution is 5.21. The molecular weight excluding hydrogens is 172 g/mol. The molecule has 2 nitrogen and oxygen atoms in total. The molecule has 1 aromatic carbocycles. The summed E-state index contributed by atoms with van der Waals surface area (Å²) in [7, 11) is 0. The van der Waals surface area contributed by atoms with Crippen LogP contribution in [0, 0.1) is 6.92 Å². The first-order chi connectivity index (χ1) is 6.84. The molecule has 2 N–H and O–H groups in total. The van der Waals surface area contributed by atoms with Crippen LogP contribution >= 0.6 is 0 Å². The maximum absolute atomic E-state index is 3.55. The summed E-state index contributed by atoms with van der Waals surface area (Å²) in [5.41, 5.74) is 2.71. The number of hydrogen-bond acceptors (Lipinski definition) is 2. The minimum absolute atomic E-state index is 0.663. The van der Waals surface area contributed by atoms with Crippen molar-refractivity contribution in [1.29, 1.82) is 0 Å². The fourth-order valence-electron chi connectivity index (χ4n) is 1.80. The second kappa shape index (κ2) is 4.58. The predicted molar refractivity (Wildman–Crippen MR) is 59.3 cm³/mol. The van der Waals surface area contributed by atoms with Gasteiger partial charge in [-0.25, -0.2) is 0 Å². The van der Waals surface area contributed by atoms with Gasteiger partial charge in [-0.1, -0.05) is 29.8 Å². The summed E-state index contributed by atoms with van der Waals surface area (Å²) in [5, 5.41) is 6.91. The van der Waals surface area contributed by atoms with Crippen molar-refractivity contribution < 1.29 is 0 Å². The van der Waals surface area contributed by atoms with Crippen molar-refractivity contribution in [3.05, 3.63) is 35.4 Å². The van der Waals surface area contributed by atoms with Gasteiger partial charge < -0.3 is 10.6 Å². The number of aryl methyl sites for hydroxylation is 1. The van der Waals surface area contributed by atoms with Gasteiger partial charge in [0, 0.05) is 19.1 Å². The Morgan fingerprint density at radius 2 is 2.14 bits per heavy atom. The maximum atomic E-state index is 3.55. The number of benzene rings is 1. The smallest absolute Gasteiger partial charge is 0.0208 e. The van der Waals surface area contributed by atoms with Crippen LogP contribution in [0.15, 0.2) is 24.3 Å². The van der Waals surface area contributed by atoms with Gasteiger partial charge in [-0.3, -0.25) is 0 Å². The van der Waals surface area contributed by atoms with Crippen LogP contribution in [0.25, 0.3) is 0 Å². The van der Waals surface area contributed by atoms with E-state index in [0.29, 0.717) is 6.04 Å². The van der Waals surface area contributed by atoms with E-state index in [1.807, 2.05) is 0 Å². The Balaban J connectivity index is 1.82. The molecule has 0 unspecified atom stereocenters. The van der Waals surface area contributed by atoms with Gasteiger partial charge in [0.1, 0.15) is 0 Å². The SMILES string of the molecule is Cc1ccc(CN[C@H]2CCNC2)cc1. The lowest BCUT2D eigenvalue weighted by Crippen LogP contribution is -2.30. The summed E-state index contributed by atoms with van der Waals surface area (Å²) < 4.78 is 0. The van der Waals surface area contributed by atoms with Crippen LogP contribution < -0.4 is 10.6 Å². The zero-order valence-corrected chi connectivity index (χ0v) is 8.72. The van der Waals surface area contributed by atoms with E-state index in [4.69, 9.17) is 0 Å². The molecule has 1 heterocycles. The molecule has 1 aromatic rings. The van der Waals surface area contributed by atoms with E-state index in [-0.39, 0.29) is 0 Å². The molecule has 1 saturated heterocycles. The van der Waals surface area contributed by atoms with Crippen LogP contribution in [0.3, 0.4) is 0 Å². The molecule has 0 bridgehead atoms. The van der Waals surface area contributed by atoms with Gasteiger partial charge in [0.05, 0.1) is 0 Å². The maximum Gasteiger partial charge on any atom is 0.0208 e. The molecule has 1 atom stereocenters. The second-order valence-electron chi connectivity index (χ2n) is 4.06. The summed E-state index contributed by atoms with van der Waals surface area (Å²) >= 11 is 0. The first-order valence-corrected chi connectivity index (χ1v) is 5.34. The molecule has 1 fully saturated rings. The second-order valence-corrected chi connectivity index (χ2v) is 4.06. The van der Waals surface area contributed by atoms with Gasteiger partial charge in [-0.05, 0) is 25.5 Å². The van der Waals surface area contributed by atoms with Crippen molar-refractivity contribution >= 4 is 0 Å². The summed E-state index contributed by atoms with van der Waals surface area (Å²) in [4.78, 5) is 0. The van der Waals surface area contributed by atoms with Crippen molar-refractivity contribution in [2.24, 2.45) is 0 Å². The first kappa shape index (κ1) is 9.69. The largest absolute Gasteiger partial charge is 0.315 e. The van der Waals surface area contributed by atoms with E-state index >= 15 is 0 Å². The summed E-state index contributed by atoms with van der Waals surface area (Å²) in [6.45, 7) is 5.39. The number of hydrogen-bond donors (Lipinski definition) is 2. The third-order valence-electron chi connectivity index (χ3n) is 2.78. The molecule has 0 amide bonds. The summed E-state index contributed by atoms with van der Waals surface area (Å²) in [6.07, 6.45) is 1.26. The lowest BCUT2D eigenvalue weighted by Gasteiger charge is -2.10.